The van der Waals surface area contributed by atoms with Gasteiger partial charge in [-0.1, -0.05) is 19.4 Å². The highest BCUT2D eigenvalue weighted by molar-refractivity contribution is 5.91. The van der Waals surface area contributed by atoms with Gasteiger partial charge in [0.15, 0.2) is 5.78 Å². The summed E-state index contributed by atoms with van der Waals surface area (Å²) in [5.74, 6) is 0.869. The molecule has 6 atom stereocenters. The van der Waals surface area contributed by atoms with Gasteiger partial charge in [0.25, 0.3) is 0 Å². The maximum atomic E-state index is 11.9. The summed E-state index contributed by atoms with van der Waals surface area (Å²) in [7, 11) is 0. The van der Waals surface area contributed by atoms with Crippen molar-refractivity contribution < 1.29 is 19.8 Å². The Morgan fingerprint density at radius 1 is 1.12 bits per heavy atom. The smallest absolute Gasteiger partial charge is 0.328 e. The molecule has 4 aliphatic carbocycles. The molecule has 0 aromatic rings. The van der Waals surface area contributed by atoms with Crippen LogP contribution in [-0.4, -0.2) is 27.6 Å². The molecule has 0 unspecified atom stereocenters. The topological polar surface area (TPSA) is 74.6 Å². The molecule has 4 aliphatic rings. The van der Waals surface area contributed by atoms with E-state index in [0.717, 1.165) is 44.6 Å². The number of hydrogen-bond acceptors (Lipinski definition) is 3. The average Bonchev–Trinajstić information content (AvgIpc) is 2.86. The van der Waals surface area contributed by atoms with Gasteiger partial charge >= 0.3 is 5.97 Å². The highest BCUT2D eigenvalue weighted by atomic mass is 16.4. The van der Waals surface area contributed by atoms with Crippen molar-refractivity contribution >= 4 is 11.8 Å². The third kappa shape index (κ3) is 2.37. The van der Waals surface area contributed by atoms with Gasteiger partial charge < -0.3 is 10.2 Å². The maximum absolute atomic E-state index is 11.9. The van der Waals surface area contributed by atoms with Crippen molar-refractivity contribution in [3.63, 3.8) is 0 Å². The van der Waals surface area contributed by atoms with Crippen LogP contribution in [0.15, 0.2) is 23.8 Å². The van der Waals surface area contributed by atoms with Crippen LogP contribution in [0.25, 0.3) is 0 Å². The first kappa shape index (κ1) is 18.0. The lowest BCUT2D eigenvalue weighted by Crippen LogP contribution is -2.54. The van der Waals surface area contributed by atoms with Gasteiger partial charge in [0.1, 0.15) is 0 Å². The second-order valence-corrected chi connectivity index (χ2v) is 9.56. The van der Waals surface area contributed by atoms with Crippen molar-refractivity contribution in [2.45, 2.75) is 70.8 Å². The SMILES string of the molecule is C[C@]12CCC(=O)C=C1CC[C@@H]1[C@@H]2CC[C@@]2(C)[C@H]1CC[C@]2(O)C=CC(=O)O. The Morgan fingerprint density at radius 2 is 1.85 bits per heavy atom. The summed E-state index contributed by atoms with van der Waals surface area (Å²) in [5.41, 5.74) is 0.232. The molecule has 3 saturated carbocycles. The number of hydrogen-bond donors (Lipinski definition) is 2. The zero-order valence-electron chi connectivity index (χ0n) is 15.8. The lowest BCUT2D eigenvalue weighted by Gasteiger charge is -2.58. The van der Waals surface area contributed by atoms with Crippen LogP contribution in [0.5, 0.6) is 0 Å². The molecule has 0 spiro atoms. The number of carbonyl (C=O) groups excluding carboxylic acids is 1. The number of rotatable bonds is 2. The molecular weight excluding hydrogens is 328 g/mol. The summed E-state index contributed by atoms with van der Waals surface area (Å²) in [5, 5.41) is 20.3. The molecule has 3 fully saturated rings. The van der Waals surface area contributed by atoms with E-state index in [9.17, 15) is 14.7 Å². The van der Waals surface area contributed by atoms with E-state index in [0.29, 0.717) is 30.6 Å². The molecule has 0 heterocycles. The Kier molecular flexibility index (Phi) is 4.00. The number of fused-ring (bicyclic) bond motifs is 5. The molecule has 0 bridgehead atoms. The molecule has 4 rings (SSSR count). The van der Waals surface area contributed by atoms with Gasteiger partial charge in [-0.05, 0) is 80.3 Å². The highest BCUT2D eigenvalue weighted by Gasteiger charge is 2.63. The number of aliphatic hydroxyl groups is 1. The number of carboxylic acid groups (broad SMARTS) is 1. The lowest BCUT2D eigenvalue weighted by molar-refractivity contribution is -0.132. The van der Waals surface area contributed by atoms with E-state index in [1.54, 1.807) is 6.08 Å². The number of allylic oxidation sites excluding steroid dienone is 1. The molecule has 0 saturated heterocycles. The highest BCUT2D eigenvalue weighted by Crippen LogP contribution is 2.67. The standard InChI is InChI=1S/C22H30O4/c1-20-9-5-15(23)13-14(20)3-4-16-17(20)6-10-21(2)18(16)7-11-22(21,26)12-8-19(24)25/h8,12-13,16-18,26H,3-7,9-11H2,1-2H3,(H,24,25)/t16-,17+,18+,20+,21+,22+/m1/s1. The molecule has 0 aromatic carbocycles. The Balaban J connectivity index is 1.65. The minimum absolute atomic E-state index is 0.135. The average molecular weight is 358 g/mol. The van der Waals surface area contributed by atoms with Crippen molar-refractivity contribution in [3.05, 3.63) is 23.8 Å². The maximum Gasteiger partial charge on any atom is 0.328 e. The van der Waals surface area contributed by atoms with Crippen LogP contribution in [0, 0.1) is 28.6 Å². The minimum Gasteiger partial charge on any atom is -0.478 e. The number of carboxylic acids is 1. The molecular formula is C22H30O4. The zero-order chi connectivity index (χ0) is 18.7. The van der Waals surface area contributed by atoms with Crippen molar-refractivity contribution in [3.8, 4) is 0 Å². The van der Waals surface area contributed by atoms with Crippen molar-refractivity contribution in [1.82, 2.24) is 0 Å². The van der Waals surface area contributed by atoms with E-state index in [1.165, 1.54) is 5.57 Å². The van der Waals surface area contributed by atoms with E-state index in [4.69, 9.17) is 5.11 Å². The predicted molar refractivity (Wildman–Crippen MR) is 98.4 cm³/mol. The summed E-state index contributed by atoms with van der Waals surface area (Å²) in [6.07, 6.45) is 11.9. The van der Waals surface area contributed by atoms with Crippen LogP contribution in [-0.2, 0) is 9.59 Å². The Morgan fingerprint density at radius 3 is 2.58 bits per heavy atom. The number of carbonyl (C=O) groups is 2. The zero-order valence-corrected chi connectivity index (χ0v) is 15.8. The van der Waals surface area contributed by atoms with E-state index in [-0.39, 0.29) is 16.6 Å². The summed E-state index contributed by atoms with van der Waals surface area (Å²) >= 11 is 0. The van der Waals surface area contributed by atoms with Crippen LogP contribution in [0.4, 0.5) is 0 Å². The first-order valence-corrected chi connectivity index (χ1v) is 10.1. The van der Waals surface area contributed by atoms with Gasteiger partial charge in [-0.15, -0.1) is 0 Å². The summed E-state index contributed by atoms with van der Waals surface area (Å²) in [6, 6.07) is 0. The van der Waals surface area contributed by atoms with E-state index in [1.807, 2.05) is 6.08 Å². The van der Waals surface area contributed by atoms with Crippen molar-refractivity contribution in [2.24, 2.45) is 28.6 Å². The molecule has 0 radical (unpaired) electrons. The first-order chi connectivity index (χ1) is 12.2. The largest absolute Gasteiger partial charge is 0.478 e. The summed E-state index contributed by atoms with van der Waals surface area (Å²) in [6.45, 7) is 4.53. The summed E-state index contributed by atoms with van der Waals surface area (Å²) in [4.78, 5) is 22.9. The molecule has 2 N–H and O–H groups in total. The Hall–Kier alpha value is -1.42. The Labute approximate surface area is 155 Å². The minimum atomic E-state index is -1.01. The number of ketones is 1. The Bertz CT molecular complexity index is 707. The molecule has 4 nitrogen and oxygen atoms in total. The van der Waals surface area contributed by atoms with Crippen LogP contribution in [0.3, 0.4) is 0 Å². The van der Waals surface area contributed by atoms with Crippen LogP contribution < -0.4 is 0 Å². The molecule has 0 amide bonds. The molecule has 142 valence electrons. The number of aliphatic carboxylic acids is 1. The van der Waals surface area contributed by atoms with Gasteiger partial charge in [0, 0.05) is 17.9 Å². The van der Waals surface area contributed by atoms with Crippen LogP contribution in [0.1, 0.15) is 65.2 Å². The fourth-order valence-electron chi connectivity index (χ4n) is 7.09. The third-order valence-electron chi connectivity index (χ3n) is 8.68. The first-order valence-electron chi connectivity index (χ1n) is 10.1. The lowest BCUT2D eigenvalue weighted by atomic mass is 9.46. The second-order valence-electron chi connectivity index (χ2n) is 9.56. The third-order valence-corrected chi connectivity index (χ3v) is 8.68. The fourth-order valence-corrected chi connectivity index (χ4v) is 7.09. The second kappa shape index (κ2) is 5.79. The van der Waals surface area contributed by atoms with E-state index < -0.39 is 11.6 Å². The van der Waals surface area contributed by atoms with Crippen molar-refractivity contribution in [2.75, 3.05) is 0 Å². The van der Waals surface area contributed by atoms with Crippen LogP contribution >= 0.6 is 0 Å². The molecule has 4 heteroatoms. The molecule has 0 aliphatic heterocycles. The quantitative estimate of drug-likeness (QED) is 0.735. The van der Waals surface area contributed by atoms with Gasteiger partial charge in [0.2, 0.25) is 0 Å². The monoisotopic (exact) mass is 358 g/mol. The molecule has 0 aromatic heterocycles. The van der Waals surface area contributed by atoms with Gasteiger partial charge in [-0.2, -0.15) is 0 Å². The van der Waals surface area contributed by atoms with Gasteiger partial charge in [-0.3, -0.25) is 4.79 Å². The predicted octanol–water partition coefficient (Wildman–Crippen LogP) is 3.89. The fraction of sp³-hybridized carbons (Fsp3) is 0.727. The van der Waals surface area contributed by atoms with Gasteiger partial charge in [0.05, 0.1) is 5.60 Å². The van der Waals surface area contributed by atoms with E-state index >= 15 is 0 Å². The molecule has 26 heavy (non-hydrogen) atoms. The van der Waals surface area contributed by atoms with Gasteiger partial charge in [-0.25, -0.2) is 4.79 Å². The van der Waals surface area contributed by atoms with E-state index in [2.05, 4.69) is 13.8 Å². The summed E-state index contributed by atoms with van der Waals surface area (Å²) < 4.78 is 0. The van der Waals surface area contributed by atoms with Crippen LogP contribution in [0.2, 0.25) is 0 Å². The normalized spacial score (nSPS) is 47.9. The van der Waals surface area contributed by atoms with Crippen molar-refractivity contribution in [1.29, 1.82) is 0 Å².